The fourth-order valence-corrected chi connectivity index (χ4v) is 1.97. The zero-order chi connectivity index (χ0) is 13.7. The third-order valence-electron chi connectivity index (χ3n) is 3.17. The first-order chi connectivity index (χ1) is 9.19. The van der Waals surface area contributed by atoms with Crippen LogP contribution in [0.4, 0.5) is 0 Å². The fraction of sp³-hybridized carbons (Fsp3) is 0.294. The van der Waals surface area contributed by atoms with Gasteiger partial charge in [-0.25, -0.2) is 0 Å². The summed E-state index contributed by atoms with van der Waals surface area (Å²) in [7, 11) is 0. The highest BCUT2D eigenvalue weighted by Gasteiger charge is 2.06. The molecular weight excluding hydrogens is 234 g/mol. The molecule has 0 saturated carbocycles. The van der Waals surface area contributed by atoms with Crippen molar-refractivity contribution in [3.05, 3.63) is 65.1 Å². The van der Waals surface area contributed by atoms with Crippen LogP contribution in [-0.2, 0) is 6.54 Å². The highest BCUT2D eigenvalue weighted by molar-refractivity contribution is 5.42. The van der Waals surface area contributed by atoms with Gasteiger partial charge >= 0.3 is 0 Å². The van der Waals surface area contributed by atoms with Gasteiger partial charge < -0.3 is 9.73 Å². The molecule has 0 amide bonds. The first-order valence-electron chi connectivity index (χ1n) is 6.70. The predicted octanol–water partition coefficient (Wildman–Crippen LogP) is 4.47. The van der Waals surface area contributed by atoms with E-state index in [0.29, 0.717) is 6.04 Å². The van der Waals surface area contributed by atoms with Crippen molar-refractivity contribution in [1.29, 1.82) is 0 Å². The Kier molecular flexibility index (Phi) is 4.58. The zero-order valence-corrected chi connectivity index (χ0v) is 11.8. The highest BCUT2D eigenvalue weighted by Crippen LogP contribution is 2.15. The summed E-state index contributed by atoms with van der Waals surface area (Å²) in [5, 5.41) is 3.47. The van der Waals surface area contributed by atoms with Crippen LogP contribution in [0.25, 0.3) is 6.08 Å². The second kappa shape index (κ2) is 6.39. The van der Waals surface area contributed by atoms with Gasteiger partial charge in [0.1, 0.15) is 11.5 Å². The lowest BCUT2D eigenvalue weighted by atomic mass is 10.1. The molecule has 100 valence electrons. The third-order valence-corrected chi connectivity index (χ3v) is 3.17. The third kappa shape index (κ3) is 3.83. The van der Waals surface area contributed by atoms with E-state index in [1.54, 1.807) is 0 Å². The predicted molar refractivity (Wildman–Crippen MR) is 79.8 cm³/mol. The Morgan fingerprint density at radius 3 is 2.58 bits per heavy atom. The molecule has 1 aromatic carbocycles. The van der Waals surface area contributed by atoms with E-state index in [0.717, 1.165) is 18.1 Å². The molecular formula is C17H21NO. The van der Waals surface area contributed by atoms with Gasteiger partial charge in [-0.3, -0.25) is 0 Å². The summed E-state index contributed by atoms with van der Waals surface area (Å²) in [6.45, 7) is 7.00. The minimum atomic E-state index is 0.316. The maximum Gasteiger partial charge on any atom is 0.126 e. The van der Waals surface area contributed by atoms with Crippen LogP contribution in [0.3, 0.4) is 0 Å². The molecule has 0 bridgehead atoms. The average Bonchev–Trinajstić information content (AvgIpc) is 2.85. The molecule has 0 spiro atoms. The topological polar surface area (TPSA) is 25.2 Å². The van der Waals surface area contributed by atoms with Gasteiger partial charge in [-0.05, 0) is 44.5 Å². The Morgan fingerprint density at radius 2 is 1.89 bits per heavy atom. The van der Waals surface area contributed by atoms with Gasteiger partial charge in [-0.1, -0.05) is 35.9 Å². The zero-order valence-electron chi connectivity index (χ0n) is 11.8. The van der Waals surface area contributed by atoms with E-state index in [4.69, 9.17) is 4.42 Å². The number of benzene rings is 1. The number of nitrogens with one attached hydrogen (secondary N) is 1. The van der Waals surface area contributed by atoms with Gasteiger partial charge in [0.05, 0.1) is 6.54 Å². The van der Waals surface area contributed by atoms with Crippen LogP contribution < -0.4 is 5.32 Å². The Morgan fingerprint density at radius 1 is 1.16 bits per heavy atom. The van der Waals surface area contributed by atoms with Gasteiger partial charge in [0, 0.05) is 6.04 Å². The fourth-order valence-electron chi connectivity index (χ4n) is 1.97. The Bertz CT molecular complexity index is 537. The molecule has 0 fully saturated rings. The molecule has 0 aliphatic carbocycles. The second-order valence-electron chi connectivity index (χ2n) is 4.82. The molecule has 0 aliphatic heterocycles. The molecule has 2 heteroatoms. The van der Waals surface area contributed by atoms with Crippen LogP contribution in [0, 0.1) is 6.92 Å². The molecule has 1 heterocycles. The van der Waals surface area contributed by atoms with Crippen LogP contribution in [0.5, 0.6) is 0 Å². The summed E-state index contributed by atoms with van der Waals surface area (Å²) in [6.07, 6.45) is 3.94. The smallest absolute Gasteiger partial charge is 0.126 e. The molecule has 2 rings (SSSR count). The molecule has 1 aromatic heterocycles. The average molecular weight is 255 g/mol. The Balaban J connectivity index is 1.92. The lowest BCUT2D eigenvalue weighted by molar-refractivity contribution is 0.455. The summed E-state index contributed by atoms with van der Waals surface area (Å²) in [5.41, 5.74) is 2.59. The van der Waals surface area contributed by atoms with Gasteiger partial charge in [0.25, 0.3) is 0 Å². The standard InChI is InChI=1S/C17H21NO/c1-4-5-16-10-11-17(19-16)12-18-14(3)15-8-6-13(2)7-9-15/h4-11,14,18H,12H2,1-3H3/b5-4+. The first-order valence-corrected chi connectivity index (χ1v) is 6.70. The number of hydrogen-bond acceptors (Lipinski definition) is 2. The van der Waals surface area contributed by atoms with Gasteiger partial charge in [-0.15, -0.1) is 0 Å². The van der Waals surface area contributed by atoms with Crippen LogP contribution in [0.15, 0.2) is 46.9 Å². The van der Waals surface area contributed by atoms with Crippen molar-refractivity contribution in [2.75, 3.05) is 0 Å². The maximum atomic E-state index is 5.68. The summed E-state index contributed by atoms with van der Waals surface area (Å²) in [4.78, 5) is 0. The maximum absolute atomic E-state index is 5.68. The van der Waals surface area contributed by atoms with E-state index < -0.39 is 0 Å². The number of rotatable bonds is 5. The molecule has 1 N–H and O–H groups in total. The van der Waals surface area contributed by atoms with Crippen LogP contribution in [0.2, 0.25) is 0 Å². The van der Waals surface area contributed by atoms with E-state index in [-0.39, 0.29) is 0 Å². The summed E-state index contributed by atoms with van der Waals surface area (Å²) in [6, 6.07) is 12.9. The van der Waals surface area contributed by atoms with E-state index in [2.05, 4.69) is 43.4 Å². The molecule has 2 nitrogen and oxygen atoms in total. The van der Waals surface area contributed by atoms with Gasteiger partial charge in [0.2, 0.25) is 0 Å². The van der Waals surface area contributed by atoms with Crippen molar-refractivity contribution in [2.45, 2.75) is 33.4 Å². The molecule has 1 unspecified atom stereocenters. The normalized spacial score (nSPS) is 13.0. The van der Waals surface area contributed by atoms with E-state index in [9.17, 15) is 0 Å². The van der Waals surface area contributed by atoms with Crippen molar-refractivity contribution in [2.24, 2.45) is 0 Å². The molecule has 1 atom stereocenters. The largest absolute Gasteiger partial charge is 0.460 e. The van der Waals surface area contributed by atoms with Crippen LogP contribution in [-0.4, -0.2) is 0 Å². The molecule has 0 saturated heterocycles. The van der Waals surface area contributed by atoms with Crippen molar-refractivity contribution < 1.29 is 4.42 Å². The summed E-state index contributed by atoms with van der Waals surface area (Å²) >= 11 is 0. The van der Waals surface area contributed by atoms with Crippen LogP contribution >= 0.6 is 0 Å². The monoisotopic (exact) mass is 255 g/mol. The molecule has 19 heavy (non-hydrogen) atoms. The SMILES string of the molecule is C/C=C/c1ccc(CNC(C)c2ccc(C)cc2)o1. The van der Waals surface area contributed by atoms with Crippen molar-refractivity contribution in [3.8, 4) is 0 Å². The number of aryl methyl sites for hydroxylation is 1. The van der Waals surface area contributed by atoms with Gasteiger partial charge in [0.15, 0.2) is 0 Å². The lowest BCUT2D eigenvalue weighted by Crippen LogP contribution is -2.17. The number of furan rings is 1. The van der Waals surface area contributed by atoms with Crippen LogP contribution in [0.1, 0.15) is 42.5 Å². The minimum absolute atomic E-state index is 0.316. The van der Waals surface area contributed by atoms with Crippen molar-refractivity contribution in [1.82, 2.24) is 5.32 Å². The Labute approximate surface area is 115 Å². The minimum Gasteiger partial charge on any atom is -0.460 e. The summed E-state index contributed by atoms with van der Waals surface area (Å²) in [5.74, 6) is 1.87. The number of hydrogen-bond donors (Lipinski definition) is 1. The molecule has 2 aromatic rings. The Hall–Kier alpha value is -1.80. The molecule has 0 radical (unpaired) electrons. The second-order valence-corrected chi connectivity index (χ2v) is 4.82. The lowest BCUT2D eigenvalue weighted by Gasteiger charge is -2.13. The van der Waals surface area contributed by atoms with Crippen molar-refractivity contribution in [3.63, 3.8) is 0 Å². The molecule has 0 aliphatic rings. The number of allylic oxidation sites excluding steroid dienone is 1. The van der Waals surface area contributed by atoms with E-state index in [1.165, 1.54) is 11.1 Å². The first kappa shape index (κ1) is 13.6. The van der Waals surface area contributed by atoms with E-state index >= 15 is 0 Å². The quantitative estimate of drug-likeness (QED) is 0.852. The van der Waals surface area contributed by atoms with E-state index in [1.807, 2.05) is 31.2 Å². The highest BCUT2D eigenvalue weighted by atomic mass is 16.3. The summed E-state index contributed by atoms with van der Waals surface area (Å²) < 4.78 is 5.68. The van der Waals surface area contributed by atoms with Crippen molar-refractivity contribution >= 4 is 6.08 Å². The van der Waals surface area contributed by atoms with Gasteiger partial charge in [-0.2, -0.15) is 0 Å².